The van der Waals surface area contributed by atoms with Crippen LogP contribution in [0.4, 0.5) is 4.39 Å². The number of carbonyl (C=O) groups excluding carboxylic acids is 2. The van der Waals surface area contributed by atoms with Crippen LogP contribution < -0.4 is 5.32 Å². The number of hydrogen-bond acceptors (Lipinski definition) is 5. The van der Waals surface area contributed by atoms with Crippen molar-refractivity contribution >= 4 is 21.7 Å². The van der Waals surface area contributed by atoms with Crippen molar-refractivity contribution in [3.63, 3.8) is 0 Å². The number of halogens is 1. The minimum absolute atomic E-state index is 0.00977. The molecule has 1 amide bonds. The molecule has 1 saturated heterocycles. The van der Waals surface area contributed by atoms with Gasteiger partial charge in [-0.2, -0.15) is 0 Å². The number of aryl methyl sites for hydroxylation is 1. The van der Waals surface area contributed by atoms with Crippen molar-refractivity contribution in [2.24, 2.45) is 0 Å². The SMILES string of the molecule is Cc1ccc(C(=O)OCC(=O)N[C@]2(C)CCS(=O)(=O)C2)cc1F. The summed E-state index contributed by atoms with van der Waals surface area (Å²) in [5, 5.41) is 2.57. The molecule has 1 aromatic carbocycles. The number of amides is 1. The van der Waals surface area contributed by atoms with E-state index in [0.717, 1.165) is 6.07 Å². The van der Waals surface area contributed by atoms with E-state index < -0.39 is 39.7 Å². The number of sulfone groups is 1. The standard InChI is InChI=1S/C15H18FNO5S/c1-10-3-4-11(7-12(10)16)14(19)22-8-13(18)17-15(2)5-6-23(20,21)9-15/h3-4,7H,5-6,8-9H2,1-2H3,(H,17,18)/t15-/m1/s1. The number of esters is 1. The molecule has 6 nitrogen and oxygen atoms in total. The number of ether oxygens (including phenoxy) is 1. The van der Waals surface area contributed by atoms with Gasteiger partial charge in [0.15, 0.2) is 16.4 Å². The monoisotopic (exact) mass is 343 g/mol. The maximum atomic E-state index is 13.4. The Labute approximate surface area is 133 Å². The Kier molecular flexibility index (Phi) is 4.74. The van der Waals surface area contributed by atoms with E-state index >= 15 is 0 Å². The van der Waals surface area contributed by atoms with Crippen LogP contribution in [-0.4, -0.2) is 43.9 Å². The first kappa shape index (κ1) is 17.4. The molecule has 1 atom stereocenters. The molecule has 126 valence electrons. The third kappa shape index (κ3) is 4.51. The second-order valence-corrected chi connectivity index (χ2v) is 8.18. The van der Waals surface area contributed by atoms with Gasteiger partial charge in [0.1, 0.15) is 5.82 Å². The van der Waals surface area contributed by atoms with E-state index in [1.165, 1.54) is 12.1 Å². The average molecular weight is 343 g/mol. The maximum Gasteiger partial charge on any atom is 0.338 e. The van der Waals surface area contributed by atoms with Gasteiger partial charge in [-0.05, 0) is 38.0 Å². The molecule has 0 spiro atoms. The molecule has 0 bridgehead atoms. The summed E-state index contributed by atoms with van der Waals surface area (Å²) < 4.78 is 41.1. The third-order valence-corrected chi connectivity index (χ3v) is 5.59. The number of rotatable bonds is 4. The second kappa shape index (κ2) is 6.27. The summed E-state index contributed by atoms with van der Waals surface area (Å²) in [5.74, 6) is -2.06. The van der Waals surface area contributed by atoms with Crippen LogP contribution in [0.15, 0.2) is 18.2 Å². The van der Waals surface area contributed by atoms with Crippen molar-refractivity contribution in [2.75, 3.05) is 18.1 Å². The maximum absolute atomic E-state index is 13.4. The zero-order valence-corrected chi connectivity index (χ0v) is 13.7. The summed E-state index contributed by atoms with van der Waals surface area (Å²) in [7, 11) is -3.15. The molecule has 1 aliphatic heterocycles. The van der Waals surface area contributed by atoms with Crippen molar-refractivity contribution < 1.29 is 27.1 Å². The zero-order valence-electron chi connectivity index (χ0n) is 12.9. The minimum atomic E-state index is -3.15. The summed E-state index contributed by atoms with van der Waals surface area (Å²) in [6.45, 7) is 2.64. The third-order valence-electron chi connectivity index (χ3n) is 3.69. The Morgan fingerprint density at radius 3 is 2.65 bits per heavy atom. The van der Waals surface area contributed by atoms with Gasteiger partial charge in [-0.25, -0.2) is 17.6 Å². The molecule has 0 saturated carbocycles. The molecular formula is C15H18FNO5S. The number of carbonyl (C=O) groups is 2. The van der Waals surface area contributed by atoms with Gasteiger partial charge in [0.2, 0.25) is 0 Å². The number of nitrogens with one attached hydrogen (secondary N) is 1. The summed E-state index contributed by atoms with van der Waals surface area (Å²) in [5.41, 5.74) is -0.441. The highest BCUT2D eigenvalue weighted by Gasteiger charge is 2.39. The fourth-order valence-electron chi connectivity index (χ4n) is 2.42. The first-order valence-electron chi connectivity index (χ1n) is 7.05. The van der Waals surface area contributed by atoms with E-state index in [0.29, 0.717) is 12.0 Å². The fourth-order valence-corrected chi connectivity index (χ4v) is 4.51. The molecule has 0 aliphatic carbocycles. The highest BCUT2D eigenvalue weighted by atomic mass is 32.2. The van der Waals surface area contributed by atoms with Crippen LogP contribution in [0.5, 0.6) is 0 Å². The van der Waals surface area contributed by atoms with Crippen LogP contribution in [0, 0.1) is 12.7 Å². The van der Waals surface area contributed by atoms with Gasteiger partial charge < -0.3 is 10.1 Å². The van der Waals surface area contributed by atoms with E-state index in [9.17, 15) is 22.4 Å². The van der Waals surface area contributed by atoms with E-state index in [2.05, 4.69) is 5.32 Å². The highest BCUT2D eigenvalue weighted by molar-refractivity contribution is 7.91. The molecule has 23 heavy (non-hydrogen) atoms. The van der Waals surface area contributed by atoms with Crippen molar-refractivity contribution in [2.45, 2.75) is 25.8 Å². The number of hydrogen-bond donors (Lipinski definition) is 1. The van der Waals surface area contributed by atoms with Gasteiger partial charge in [0.05, 0.1) is 22.6 Å². The smallest absolute Gasteiger partial charge is 0.338 e. The first-order valence-corrected chi connectivity index (χ1v) is 8.87. The van der Waals surface area contributed by atoms with Crippen molar-refractivity contribution in [1.82, 2.24) is 5.32 Å². The normalized spacial score (nSPS) is 22.6. The largest absolute Gasteiger partial charge is 0.452 e. The fraction of sp³-hybridized carbons (Fsp3) is 0.467. The van der Waals surface area contributed by atoms with Gasteiger partial charge in [-0.1, -0.05) is 6.07 Å². The summed E-state index contributed by atoms with van der Waals surface area (Å²) in [4.78, 5) is 23.6. The Hall–Kier alpha value is -1.96. The van der Waals surface area contributed by atoms with Crippen LogP contribution in [-0.2, 0) is 19.4 Å². The van der Waals surface area contributed by atoms with E-state index in [1.54, 1.807) is 13.8 Å². The lowest BCUT2D eigenvalue weighted by Crippen LogP contribution is -2.48. The summed E-state index contributed by atoms with van der Waals surface area (Å²) in [6.07, 6.45) is 0.318. The molecule has 8 heteroatoms. The van der Waals surface area contributed by atoms with Gasteiger partial charge in [-0.3, -0.25) is 4.79 Å². The topological polar surface area (TPSA) is 89.5 Å². The van der Waals surface area contributed by atoms with Gasteiger partial charge in [-0.15, -0.1) is 0 Å². The molecule has 0 unspecified atom stereocenters. The molecule has 2 rings (SSSR count). The minimum Gasteiger partial charge on any atom is -0.452 e. The van der Waals surface area contributed by atoms with Crippen LogP contribution in [0.2, 0.25) is 0 Å². The molecule has 1 aliphatic rings. The molecule has 0 radical (unpaired) electrons. The molecule has 1 fully saturated rings. The van der Waals surface area contributed by atoms with Crippen molar-refractivity contribution in [3.8, 4) is 0 Å². The molecule has 1 heterocycles. The van der Waals surface area contributed by atoms with Crippen LogP contribution >= 0.6 is 0 Å². The van der Waals surface area contributed by atoms with E-state index in [4.69, 9.17) is 4.74 Å². The first-order chi connectivity index (χ1) is 10.6. The van der Waals surface area contributed by atoms with Crippen LogP contribution in [0.1, 0.15) is 29.3 Å². The van der Waals surface area contributed by atoms with Gasteiger partial charge in [0, 0.05) is 0 Å². The zero-order chi connectivity index (χ0) is 17.3. The predicted molar refractivity (Wildman–Crippen MR) is 81.2 cm³/mol. The second-order valence-electron chi connectivity index (χ2n) is 5.99. The van der Waals surface area contributed by atoms with Gasteiger partial charge in [0.25, 0.3) is 5.91 Å². The van der Waals surface area contributed by atoms with Crippen molar-refractivity contribution in [3.05, 3.63) is 35.1 Å². The summed E-state index contributed by atoms with van der Waals surface area (Å²) >= 11 is 0. The highest BCUT2D eigenvalue weighted by Crippen LogP contribution is 2.22. The van der Waals surface area contributed by atoms with E-state index in [1.807, 2.05) is 0 Å². The Morgan fingerprint density at radius 1 is 1.39 bits per heavy atom. The average Bonchev–Trinajstić information content (AvgIpc) is 2.72. The molecule has 1 N–H and O–H groups in total. The summed E-state index contributed by atoms with van der Waals surface area (Å²) in [6, 6.07) is 3.89. The van der Waals surface area contributed by atoms with Crippen LogP contribution in [0.25, 0.3) is 0 Å². The molecular weight excluding hydrogens is 325 g/mol. The van der Waals surface area contributed by atoms with Crippen molar-refractivity contribution in [1.29, 1.82) is 0 Å². The van der Waals surface area contributed by atoms with E-state index in [-0.39, 0.29) is 17.1 Å². The predicted octanol–water partition coefficient (Wildman–Crippen LogP) is 0.984. The molecule has 0 aromatic heterocycles. The van der Waals surface area contributed by atoms with Gasteiger partial charge >= 0.3 is 5.97 Å². The van der Waals surface area contributed by atoms with Crippen LogP contribution in [0.3, 0.4) is 0 Å². The molecule has 1 aromatic rings. The Bertz CT molecular complexity index is 746. The lowest BCUT2D eigenvalue weighted by molar-refractivity contribution is -0.125. The Morgan fingerprint density at radius 2 is 2.09 bits per heavy atom. The number of benzene rings is 1. The Balaban J connectivity index is 1.89. The lowest BCUT2D eigenvalue weighted by atomic mass is 10.0. The lowest BCUT2D eigenvalue weighted by Gasteiger charge is -2.23. The quantitative estimate of drug-likeness (QED) is 0.823.